The molecule has 0 radical (unpaired) electrons. The Labute approximate surface area is 203 Å². The van der Waals surface area contributed by atoms with Gasteiger partial charge in [0.05, 0.1) is 21.4 Å². The normalized spacial score (nSPS) is 10.0. The predicted molar refractivity (Wildman–Crippen MR) is 108 cm³/mol. The molecule has 0 aliphatic rings. The Morgan fingerprint density at radius 1 is 0.875 bits per heavy atom. The number of nitrogens with zero attached hydrogens (tertiary/aromatic N) is 2. The summed E-state index contributed by atoms with van der Waals surface area (Å²) in [5.41, 5.74) is 0.921. The van der Waals surface area contributed by atoms with Crippen molar-refractivity contribution < 1.29 is 78.5 Å². The Morgan fingerprint density at radius 3 is 1.75 bits per heavy atom. The molecule has 0 amide bonds. The van der Waals surface area contributed by atoms with Crippen molar-refractivity contribution in [2.75, 3.05) is 0 Å². The van der Waals surface area contributed by atoms with Crippen LogP contribution >= 0.6 is 0 Å². The van der Waals surface area contributed by atoms with E-state index in [1.165, 1.54) is 12.1 Å². The number of aryl methyl sites for hydroxylation is 1. The Bertz CT molecular complexity index is 1060. The quantitative estimate of drug-likeness (QED) is 0.360. The second-order valence-corrected chi connectivity index (χ2v) is 7.17. The first-order valence-corrected chi connectivity index (χ1v) is 8.88. The second-order valence-electron chi connectivity index (χ2n) is 5.69. The van der Waals surface area contributed by atoms with E-state index in [4.69, 9.17) is 5.14 Å². The fraction of sp³-hybridized carbons (Fsp3) is 0.118. The van der Waals surface area contributed by atoms with E-state index in [9.17, 15) is 21.6 Å². The molecule has 1 aromatic heterocycles. The number of nitrogens with one attached hydrogen (secondary N) is 1. The van der Waals surface area contributed by atoms with Gasteiger partial charge in [-0.1, -0.05) is 29.8 Å². The van der Waals surface area contributed by atoms with Gasteiger partial charge in [-0.3, -0.25) is 0 Å². The summed E-state index contributed by atoms with van der Waals surface area (Å²) in [6, 6.07) is 12.8. The molecule has 0 spiro atoms. The Morgan fingerprint density at radius 2 is 1.34 bits per heavy atom. The van der Waals surface area contributed by atoms with Crippen LogP contribution in [0.25, 0.3) is 22.1 Å². The molecule has 1 heterocycles. The molecule has 0 saturated carbocycles. The number of benzene rings is 2. The molecule has 0 aliphatic heterocycles. The van der Waals surface area contributed by atoms with Gasteiger partial charge in [0.15, 0.2) is 5.69 Å². The molecule has 0 unspecified atom stereocenters. The molecule has 0 saturated heterocycles. The van der Waals surface area contributed by atoms with Crippen molar-refractivity contribution >= 4 is 10.0 Å². The Hall–Kier alpha value is -1.85. The first-order chi connectivity index (χ1) is 12.1. The van der Waals surface area contributed by atoms with Crippen molar-refractivity contribution in [1.82, 2.24) is 9.78 Å². The van der Waals surface area contributed by atoms with Crippen LogP contribution < -0.4 is 29.6 Å². The number of alkyl halides is 3. The first kappa shape index (κ1) is 37.5. The average Bonchev–Trinajstić information content (AvgIpc) is 3.00. The largest absolute Gasteiger partial charge is 1.00 e. The van der Waals surface area contributed by atoms with Crippen LogP contribution in [0.4, 0.5) is 13.2 Å². The van der Waals surface area contributed by atoms with E-state index in [2.05, 4.69) is 5.10 Å². The topological polar surface area (TPSA) is 233 Å². The van der Waals surface area contributed by atoms with Crippen molar-refractivity contribution in [2.45, 2.75) is 18.0 Å². The molecule has 11 N–H and O–H groups in total. The number of hydrogen-bond acceptors (Lipinski definition) is 3. The van der Waals surface area contributed by atoms with Gasteiger partial charge in [-0.15, -0.1) is 0 Å². The molecular weight excluding hydrogens is 470 g/mol. The van der Waals surface area contributed by atoms with Crippen molar-refractivity contribution in [3.05, 3.63) is 71.0 Å². The predicted octanol–water partition coefficient (Wildman–Crippen LogP) is -2.51. The summed E-state index contributed by atoms with van der Waals surface area (Å²) >= 11 is 0. The average molecular weight is 493 g/mol. The van der Waals surface area contributed by atoms with Crippen LogP contribution in [-0.2, 0) is 16.2 Å². The third-order valence-electron chi connectivity index (χ3n) is 3.74. The standard InChI is InChI=1S/C17H13F3N3O2S.Na.5H2O/c1-11-2-4-12(5-3-11)15-10-16(17(18,19)20)22-23(15)13-6-8-14(9-7-13)26(21,24)25;;;;;;/h2-10H,1H3,(H-,21,24,25);;5*1H2/q-1;+1;;;;;. The van der Waals surface area contributed by atoms with Gasteiger partial charge >= 0.3 is 35.7 Å². The molecular formula is C17H23F3N3NaO7S. The van der Waals surface area contributed by atoms with E-state index in [1.54, 1.807) is 24.3 Å². The number of sulfonamides is 1. The zero-order valence-electron chi connectivity index (χ0n) is 16.9. The van der Waals surface area contributed by atoms with Gasteiger partial charge in [0.2, 0.25) is 0 Å². The van der Waals surface area contributed by atoms with Crippen LogP contribution in [0, 0.1) is 6.92 Å². The fourth-order valence-corrected chi connectivity index (χ4v) is 2.91. The minimum absolute atomic E-state index is 0. The van der Waals surface area contributed by atoms with Crippen LogP contribution in [-0.4, -0.2) is 45.6 Å². The van der Waals surface area contributed by atoms with Crippen molar-refractivity contribution in [3.63, 3.8) is 0 Å². The third-order valence-corrected chi connectivity index (χ3v) is 4.63. The number of hydrogen-bond donors (Lipinski definition) is 0. The molecule has 3 aromatic rings. The summed E-state index contributed by atoms with van der Waals surface area (Å²) in [6.45, 7) is 1.86. The first-order valence-electron chi connectivity index (χ1n) is 7.40. The zero-order valence-corrected chi connectivity index (χ0v) is 19.8. The molecule has 0 aliphatic carbocycles. The number of halogens is 3. The number of aromatic nitrogens is 2. The summed E-state index contributed by atoms with van der Waals surface area (Å²) in [5.74, 6) is 0. The van der Waals surface area contributed by atoms with Gasteiger partial charge < -0.3 is 32.5 Å². The van der Waals surface area contributed by atoms with E-state index in [1.807, 2.05) is 6.92 Å². The maximum atomic E-state index is 13.1. The Balaban J connectivity index is -0.000000653. The van der Waals surface area contributed by atoms with Gasteiger partial charge in [0.1, 0.15) is 0 Å². The molecule has 15 heteroatoms. The van der Waals surface area contributed by atoms with E-state index < -0.39 is 21.9 Å². The summed E-state index contributed by atoms with van der Waals surface area (Å²) in [6.07, 6.45) is -4.62. The molecule has 10 nitrogen and oxygen atoms in total. The summed E-state index contributed by atoms with van der Waals surface area (Å²) < 4.78 is 62.9. The van der Waals surface area contributed by atoms with Crippen molar-refractivity contribution in [3.8, 4) is 16.9 Å². The fourth-order valence-electron chi connectivity index (χ4n) is 2.41. The van der Waals surface area contributed by atoms with E-state index in [0.29, 0.717) is 5.56 Å². The molecule has 2 aromatic carbocycles. The summed E-state index contributed by atoms with van der Waals surface area (Å²) in [4.78, 5) is -0.249. The molecule has 0 atom stereocenters. The summed E-state index contributed by atoms with van der Waals surface area (Å²) in [7, 11) is -4.15. The maximum absolute atomic E-state index is 13.1. The summed E-state index contributed by atoms with van der Waals surface area (Å²) in [5, 5.41) is 10.7. The molecule has 0 bridgehead atoms. The number of rotatable bonds is 3. The van der Waals surface area contributed by atoms with Crippen LogP contribution in [0.5, 0.6) is 0 Å². The van der Waals surface area contributed by atoms with Gasteiger partial charge in [-0.25, -0.2) is 13.1 Å². The third kappa shape index (κ3) is 8.25. The minimum atomic E-state index is -4.62. The van der Waals surface area contributed by atoms with E-state index >= 15 is 0 Å². The van der Waals surface area contributed by atoms with Crippen molar-refractivity contribution in [2.24, 2.45) is 0 Å². The minimum Gasteiger partial charge on any atom is -0.560 e. The molecule has 176 valence electrons. The maximum Gasteiger partial charge on any atom is 1.00 e. The van der Waals surface area contributed by atoms with Crippen LogP contribution in [0.1, 0.15) is 11.3 Å². The van der Waals surface area contributed by atoms with E-state index in [0.717, 1.165) is 28.4 Å². The van der Waals surface area contributed by atoms with Gasteiger partial charge in [0.25, 0.3) is 0 Å². The van der Waals surface area contributed by atoms with Crippen LogP contribution in [0.3, 0.4) is 0 Å². The van der Waals surface area contributed by atoms with Crippen molar-refractivity contribution in [1.29, 1.82) is 0 Å². The molecule has 3 rings (SSSR count). The zero-order chi connectivity index (χ0) is 19.1. The van der Waals surface area contributed by atoms with Crippen LogP contribution in [0.15, 0.2) is 59.5 Å². The second kappa shape index (κ2) is 13.6. The van der Waals surface area contributed by atoms with Gasteiger partial charge in [-0.2, -0.15) is 18.3 Å². The van der Waals surface area contributed by atoms with Gasteiger partial charge in [0, 0.05) is 10.5 Å². The monoisotopic (exact) mass is 493 g/mol. The van der Waals surface area contributed by atoms with E-state index in [-0.39, 0.29) is 73.2 Å². The van der Waals surface area contributed by atoms with Crippen LogP contribution in [0.2, 0.25) is 0 Å². The van der Waals surface area contributed by atoms with Gasteiger partial charge in [-0.05, 0) is 37.3 Å². The smallest absolute Gasteiger partial charge is 0.560 e. The SMILES string of the molecule is Cc1ccc(-c2cc(C(F)(F)F)nn2-c2ccc(S([NH-])(=O)=O)cc2)cc1.O.O.O.O.O.[Na+]. The Kier molecular flexibility index (Phi) is 16.0. The molecule has 32 heavy (non-hydrogen) atoms. The molecule has 0 fully saturated rings.